The standard InChI is InChI=1S/C66H45N3Si/c1-5-21-47(22-6-1)67-61-36-16-13-31-55(61)58-41-39-46(43-64(58)67)54-34-20-35-60-57-33-15-18-38-63(57)69(66(54)60)49-40-42-59-56-32-14-17-37-62(56)68(65(59)45-49)48-23-19-30-53(44-48)70(50-24-7-2-8-25-50,51-26-9-3-10-27-51)52-28-11-4-12-29-52/h1-45H. The van der Waals surface area contributed by atoms with Crippen molar-refractivity contribution in [1.82, 2.24) is 13.7 Å². The highest BCUT2D eigenvalue weighted by Gasteiger charge is 2.41. The van der Waals surface area contributed by atoms with Gasteiger partial charge in [-0.2, -0.15) is 0 Å². The topological polar surface area (TPSA) is 14.8 Å². The van der Waals surface area contributed by atoms with E-state index >= 15 is 0 Å². The summed E-state index contributed by atoms with van der Waals surface area (Å²) in [5.41, 5.74) is 12.9. The molecule has 0 fully saturated rings. The minimum atomic E-state index is -2.80. The lowest BCUT2D eigenvalue weighted by atomic mass is 10.00. The second kappa shape index (κ2) is 16.1. The van der Waals surface area contributed by atoms with E-state index < -0.39 is 8.07 Å². The van der Waals surface area contributed by atoms with E-state index in [9.17, 15) is 0 Å². The maximum Gasteiger partial charge on any atom is 0.179 e. The molecule has 0 radical (unpaired) electrons. The van der Waals surface area contributed by atoms with Gasteiger partial charge in [0, 0.05) is 54.9 Å². The van der Waals surface area contributed by atoms with Crippen LogP contribution in [0.2, 0.25) is 0 Å². The van der Waals surface area contributed by atoms with Crippen LogP contribution in [0.5, 0.6) is 0 Å². The van der Waals surface area contributed by atoms with E-state index in [4.69, 9.17) is 0 Å². The Morgan fingerprint density at radius 1 is 0.229 bits per heavy atom. The Balaban J connectivity index is 1.01. The molecule has 0 N–H and O–H groups in total. The first kappa shape index (κ1) is 40.1. The van der Waals surface area contributed by atoms with Gasteiger partial charge in [-0.3, -0.25) is 0 Å². The molecule has 3 heterocycles. The van der Waals surface area contributed by atoms with Crippen LogP contribution < -0.4 is 20.7 Å². The predicted octanol–water partition coefficient (Wildman–Crippen LogP) is 14.0. The summed E-state index contributed by atoms with van der Waals surface area (Å²) in [5, 5.41) is 12.8. The first-order chi connectivity index (χ1) is 34.8. The van der Waals surface area contributed by atoms with Gasteiger partial charge in [0.25, 0.3) is 0 Å². The van der Waals surface area contributed by atoms with Crippen LogP contribution in [0.1, 0.15) is 0 Å². The summed E-state index contributed by atoms with van der Waals surface area (Å²) in [6, 6.07) is 101. The van der Waals surface area contributed by atoms with Crippen molar-refractivity contribution in [3.63, 3.8) is 0 Å². The maximum absolute atomic E-state index is 2.80. The minimum Gasteiger partial charge on any atom is -0.309 e. The van der Waals surface area contributed by atoms with Crippen LogP contribution in [0.3, 0.4) is 0 Å². The van der Waals surface area contributed by atoms with Crippen molar-refractivity contribution in [1.29, 1.82) is 0 Å². The fraction of sp³-hybridized carbons (Fsp3) is 0. The third-order valence-corrected chi connectivity index (χ3v) is 19.5. The zero-order valence-electron chi connectivity index (χ0n) is 38.3. The van der Waals surface area contributed by atoms with Gasteiger partial charge in [-0.05, 0) is 87.0 Å². The summed E-state index contributed by atoms with van der Waals surface area (Å²) in [6.45, 7) is 0. The molecule has 0 bridgehead atoms. The smallest absolute Gasteiger partial charge is 0.179 e. The van der Waals surface area contributed by atoms with Crippen molar-refractivity contribution in [2.24, 2.45) is 0 Å². The third kappa shape index (κ3) is 6.00. The fourth-order valence-corrected chi connectivity index (χ4v) is 16.6. The number of benzene rings is 11. The first-order valence-corrected chi connectivity index (χ1v) is 26.2. The normalized spacial score (nSPS) is 12.0. The van der Waals surface area contributed by atoms with Gasteiger partial charge in [-0.15, -0.1) is 0 Å². The molecule has 0 amide bonds. The van der Waals surface area contributed by atoms with Crippen molar-refractivity contribution in [3.05, 3.63) is 273 Å². The monoisotopic (exact) mass is 907 g/mol. The number of hydrogen-bond acceptors (Lipinski definition) is 0. The first-order valence-electron chi connectivity index (χ1n) is 24.2. The lowest BCUT2D eigenvalue weighted by molar-refractivity contribution is 1.16. The molecule has 0 saturated heterocycles. The van der Waals surface area contributed by atoms with Gasteiger partial charge >= 0.3 is 0 Å². The van der Waals surface area contributed by atoms with Crippen LogP contribution in [0.15, 0.2) is 273 Å². The molecule has 0 spiro atoms. The third-order valence-electron chi connectivity index (χ3n) is 14.8. The number of fused-ring (bicyclic) bond motifs is 9. The average molecular weight is 908 g/mol. The molecular weight excluding hydrogens is 863 g/mol. The molecule has 0 atom stereocenters. The molecule has 0 aliphatic rings. The molecule has 3 nitrogen and oxygen atoms in total. The summed E-state index contributed by atoms with van der Waals surface area (Å²) in [5.74, 6) is 0. The molecular formula is C66H45N3Si. The van der Waals surface area contributed by atoms with Crippen LogP contribution in [-0.4, -0.2) is 21.8 Å². The SMILES string of the molecule is c1ccc(-n2c3ccccc3c3ccc(-c4cccc5c6ccccc6n(-c6ccc7c8ccccc8n(-c8cccc([Si](c9ccccc9)(c9ccccc9)c9ccccc9)c8)c7c6)c45)cc32)cc1. The predicted molar refractivity (Wildman–Crippen MR) is 299 cm³/mol. The van der Waals surface area contributed by atoms with Crippen molar-refractivity contribution < 1.29 is 0 Å². The van der Waals surface area contributed by atoms with E-state index in [2.05, 4.69) is 287 Å². The van der Waals surface area contributed by atoms with Gasteiger partial charge in [0.15, 0.2) is 8.07 Å². The van der Waals surface area contributed by atoms with Gasteiger partial charge in [-0.25, -0.2) is 0 Å². The number of para-hydroxylation sites is 5. The van der Waals surface area contributed by atoms with Crippen LogP contribution in [0, 0.1) is 0 Å². The van der Waals surface area contributed by atoms with Gasteiger partial charge in [-0.1, -0.05) is 212 Å². The van der Waals surface area contributed by atoms with Crippen molar-refractivity contribution >= 4 is 94.2 Å². The van der Waals surface area contributed by atoms with E-state index in [0.29, 0.717) is 0 Å². The van der Waals surface area contributed by atoms with Crippen LogP contribution in [0.4, 0.5) is 0 Å². The zero-order valence-corrected chi connectivity index (χ0v) is 39.3. The van der Waals surface area contributed by atoms with E-state index in [-0.39, 0.29) is 0 Å². The maximum atomic E-state index is 2.51. The molecule has 14 aromatic rings. The van der Waals surface area contributed by atoms with E-state index in [1.165, 1.54) is 97.3 Å². The Kier molecular flexibility index (Phi) is 9.23. The molecule has 11 aromatic carbocycles. The summed E-state index contributed by atoms with van der Waals surface area (Å²) in [6.07, 6.45) is 0. The molecule has 0 unspecified atom stereocenters. The fourth-order valence-electron chi connectivity index (χ4n) is 11.8. The molecule has 14 rings (SSSR count). The number of aromatic nitrogens is 3. The zero-order chi connectivity index (χ0) is 46.2. The summed E-state index contributed by atoms with van der Waals surface area (Å²) >= 11 is 0. The Labute approximate surface area is 407 Å². The Morgan fingerprint density at radius 3 is 1.23 bits per heavy atom. The highest BCUT2D eigenvalue weighted by atomic mass is 28.3. The van der Waals surface area contributed by atoms with Crippen LogP contribution >= 0.6 is 0 Å². The largest absolute Gasteiger partial charge is 0.309 e. The van der Waals surface area contributed by atoms with Crippen molar-refractivity contribution in [2.45, 2.75) is 0 Å². The summed E-state index contributed by atoms with van der Waals surface area (Å²) in [4.78, 5) is 0. The number of nitrogens with zero attached hydrogens (tertiary/aromatic N) is 3. The highest BCUT2D eigenvalue weighted by Crippen LogP contribution is 2.42. The average Bonchev–Trinajstić information content (AvgIpc) is 4.08. The van der Waals surface area contributed by atoms with Crippen LogP contribution in [-0.2, 0) is 0 Å². The van der Waals surface area contributed by atoms with Gasteiger partial charge in [0.05, 0.1) is 33.1 Å². The quantitative estimate of drug-likeness (QED) is 0.107. The Bertz CT molecular complexity index is 4180. The van der Waals surface area contributed by atoms with E-state index in [1.807, 2.05) is 0 Å². The second-order valence-corrected chi connectivity index (χ2v) is 22.2. The highest BCUT2D eigenvalue weighted by molar-refractivity contribution is 7.19. The minimum absolute atomic E-state index is 1.12. The summed E-state index contributed by atoms with van der Waals surface area (Å²) in [7, 11) is -2.80. The van der Waals surface area contributed by atoms with E-state index in [0.717, 1.165) is 17.1 Å². The lowest BCUT2D eigenvalue weighted by Crippen LogP contribution is -2.74. The van der Waals surface area contributed by atoms with Crippen LogP contribution in [0.25, 0.3) is 93.6 Å². The molecule has 0 aliphatic heterocycles. The summed E-state index contributed by atoms with van der Waals surface area (Å²) < 4.78 is 7.42. The second-order valence-electron chi connectivity index (χ2n) is 18.4. The molecule has 70 heavy (non-hydrogen) atoms. The Morgan fingerprint density at radius 2 is 0.629 bits per heavy atom. The van der Waals surface area contributed by atoms with Crippen molar-refractivity contribution in [2.75, 3.05) is 0 Å². The molecule has 0 aliphatic carbocycles. The van der Waals surface area contributed by atoms with Crippen molar-refractivity contribution in [3.8, 4) is 28.2 Å². The molecule has 328 valence electrons. The van der Waals surface area contributed by atoms with Gasteiger partial charge in [0.2, 0.25) is 0 Å². The lowest BCUT2D eigenvalue weighted by Gasteiger charge is -2.34. The Hall–Kier alpha value is -8.96. The van der Waals surface area contributed by atoms with Gasteiger partial charge < -0.3 is 13.7 Å². The van der Waals surface area contributed by atoms with Gasteiger partial charge in [0.1, 0.15) is 0 Å². The molecule has 4 heteroatoms. The molecule has 0 saturated carbocycles. The molecule has 3 aromatic heterocycles. The number of rotatable bonds is 8. The van der Waals surface area contributed by atoms with E-state index in [1.54, 1.807) is 0 Å². The number of hydrogen-bond donors (Lipinski definition) is 0.